The predicted octanol–water partition coefficient (Wildman–Crippen LogP) is 2.50. The second-order valence-electron chi connectivity index (χ2n) is 6.30. The number of nitrogens with two attached hydrogens (primary N) is 1. The normalized spacial score (nSPS) is 27.8. The Hall–Kier alpha value is -0.610. The molecule has 1 aliphatic carbocycles. The molecular formula is C15H29NO3. The molecule has 0 unspecified atom stereocenters. The van der Waals surface area contributed by atoms with Crippen LogP contribution in [-0.4, -0.2) is 30.8 Å². The average Bonchev–Trinajstić information content (AvgIpc) is 2.36. The molecular weight excluding hydrogens is 242 g/mol. The van der Waals surface area contributed by atoms with Crippen LogP contribution >= 0.6 is 0 Å². The third kappa shape index (κ3) is 5.11. The van der Waals surface area contributed by atoms with Gasteiger partial charge in [0.25, 0.3) is 0 Å². The standard InChI is InChI=1S/C15H29NO3/c1-11(2)13-5-7-15(10-16,8-6-13)18-9-14(17)19-12(3)4/h11-13H,5-10,16H2,1-4H3. The van der Waals surface area contributed by atoms with E-state index in [1.807, 2.05) is 13.8 Å². The van der Waals surface area contributed by atoms with Crippen LogP contribution in [0.2, 0.25) is 0 Å². The second-order valence-corrected chi connectivity index (χ2v) is 6.30. The van der Waals surface area contributed by atoms with Gasteiger partial charge in [0.15, 0.2) is 0 Å². The molecule has 0 aliphatic heterocycles. The van der Waals surface area contributed by atoms with Crippen LogP contribution in [0.15, 0.2) is 0 Å². The minimum absolute atomic E-state index is 0.0156. The highest BCUT2D eigenvalue weighted by Crippen LogP contribution is 2.37. The maximum Gasteiger partial charge on any atom is 0.332 e. The molecule has 1 fully saturated rings. The Morgan fingerprint density at radius 2 is 1.84 bits per heavy atom. The minimum atomic E-state index is -0.318. The third-order valence-corrected chi connectivity index (χ3v) is 4.12. The van der Waals surface area contributed by atoms with Crippen LogP contribution < -0.4 is 5.73 Å². The highest BCUT2D eigenvalue weighted by atomic mass is 16.6. The van der Waals surface area contributed by atoms with Crippen molar-refractivity contribution < 1.29 is 14.3 Å². The van der Waals surface area contributed by atoms with Gasteiger partial charge in [0.2, 0.25) is 0 Å². The van der Waals surface area contributed by atoms with Crippen LogP contribution in [0.1, 0.15) is 53.4 Å². The first-order chi connectivity index (χ1) is 8.88. The van der Waals surface area contributed by atoms with Gasteiger partial charge in [-0.15, -0.1) is 0 Å². The highest BCUT2D eigenvalue weighted by Gasteiger charge is 2.36. The first kappa shape index (κ1) is 16.4. The third-order valence-electron chi connectivity index (χ3n) is 4.12. The summed E-state index contributed by atoms with van der Waals surface area (Å²) in [5.74, 6) is 1.17. The van der Waals surface area contributed by atoms with Gasteiger partial charge >= 0.3 is 5.97 Å². The predicted molar refractivity (Wildman–Crippen MR) is 75.8 cm³/mol. The van der Waals surface area contributed by atoms with Crippen molar-refractivity contribution in [2.24, 2.45) is 17.6 Å². The van der Waals surface area contributed by atoms with Gasteiger partial charge in [0.05, 0.1) is 11.7 Å². The summed E-state index contributed by atoms with van der Waals surface area (Å²) in [6.45, 7) is 8.70. The Morgan fingerprint density at radius 3 is 2.26 bits per heavy atom. The maximum absolute atomic E-state index is 11.5. The molecule has 0 heterocycles. The quantitative estimate of drug-likeness (QED) is 0.754. The molecule has 0 aromatic carbocycles. The molecule has 19 heavy (non-hydrogen) atoms. The monoisotopic (exact) mass is 271 g/mol. The summed E-state index contributed by atoms with van der Waals surface area (Å²) >= 11 is 0. The molecule has 4 heteroatoms. The van der Waals surface area contributed by atoms with E-state index < -0.39 is 0 Å². The van der Waals surface area contributed by atoms with Gasteiger partial charge in [-0.3, -0.25) is 0 Å². The van der Waals surface area contributed by atoms with E-state index >= 15 is 0 Å². The lowest BCUT2D eigenvalue weighted by molar-refractivity contribution is -0.162. The largest absolute Gasteiger partial charge is 0.461 e. The Labute approximate surface area is 117 Å². The fourth-order valence-electron chi connectivity index (χ4n) is 2.75. The average molecular weight is 271 g/mol. The van der Waals surface area contributed by atoms with Crippen molar-refractivity contribution in [2.45, 2.75) is 65.1 Å². The van der Waals surface area contributed by atoms with E-state index in [-0.39, 0.29) is 24.3 Å². The number of hydrogen-bond acceptors (Lipinski definition) is 4. The van der Waals surface area contributed by atoms with Gasteiger partial charge in [-0.2, -0.15) is 0 Å². The molecule has 0 aromatic heterocycles. The van der Waals surface area contributed by atoms with Crippen molar-refractivity contribution in [2.75, 3.05) is 13.2 Å². The van der Waals surface area contributed by atoms with E-state index in [0.717, 1.165) is 31.6 Å². The van der Waals surface area contributed by atoms with E-state index in [9.17, 15) is 4.79 Å². The summed E-state index contributed by atoms with van der Waals surface area (Å²) in [5.41, 5.74) is 5.55. The highest BCUT2D eigenvalue weighted by molar-refractivity contribution is 5.70. The lowest BCUT2D eigenvalue weighted by Gasteiger charge is -2.40. The first-order valence-electron chi connectivity index (χ1n) is 7.42. The summed E-state index contributed by atoms with van der Waals surface area (Å²) in [4.78, 5) is 11.5. The van der Waals surface area contributed by atoms with E-state index in [1.54, 1.807) is 0 Å². The molecule has 0 radical (unpaired) electrons. The Bertz CT molecular complexity index is 281. The van der Waals surface area contributed by atoms with Crippen molar-refractivity contribution in [3.05, 3.63) is 0 Å². The molecule has 0 saturated heterocycles. The number of ether oxygens (including phenoxy) is 2. The summed E-state index contributed by atoms with van der Waals surface area (Å²) in [5, 5.41) is 0. The zero-order valence-electron chi connectivity index (χ0n) is 12.8. The SMILES string of the molecule is CC(C)OC(=O)COC1(CN)CCC(C(C)C)CC1. The van der Waals surface area contributed by atoms with Crippen molar-refractivity contribution in [3.63, 3.8) is 0 Å². The van der Waals surface area contributed by atoms with E-state index in [0.29, 0.717) is 12.5 Å². The van der Waals surface area contributed by atoms with Gasteiger partial charge in [0, 0.05) is 6.54 Å². The van der Waals surface area contributed by atoms with Crippen molar-refractivity contribution >= 4 is 5.97 Å². The van der Waals surface area contributed by atoms with Crippen LogP contribution in [0.4, 0.5) is 0 Å². The minimum Gasteiger partial charge on any atom is -0.461 e. The molecule has 112 valence electrons. The van der Waals surface area contributed by atoms with E-state index in [1.165, 1.54) is 0 Å². The molecule has 0 bridgehead atoms. The Balaban J connectivity index is 2.43. The van der Waals surface area contributed by atoms with Crippen molar-refractivity contribution in [1.82, 2.24) is 0 Å². The zero-order valence-corrected chi connectivity index (χ0v) is 12.8. The lowest BCUT2D eigenvalue weighted by atomic mass is 9.74. The van der Waals surface area contributed by atoms with Gasteiger partial charge in [-0.25, -0.2) is 4.79 Å². The summed E-state index contributed by atoms with van der Waals surface area (Å²) < 4.78 is 10.9. The molecule has 0 atom stereocenters. The molecule has 2 N–H and O–H groups in total. The van der Waals surface area contributed by atoms with Gasteiger partial charge in [-0.05, 0) is 51.4 Å². The Morgan fingerprint density at radius 1 is 1.26 bits per heavy atom. The first-order valence-corrected chi connectivity index (χ1v) is 7.42. The molecule has 4 nitrogen and oxygen atoms in total. The van der Waals surface area contributed by atoms with Crippen LogP contribution in [0.5, 0.6) is 0 Å². The molecule has 1 saturated carbocycles. The molecule has 0 aromatic rings. The molecule has 0 amide bonds. The van der Waals surface area contributed by atoms with Crippen LogP contribution in [0.25, 0.3) is 0 Å². The fourth-order valence-corrected chi connectivity index (χ4v) is 2.75. The lowest BCUT2D eigenvalue weighted by Crippen LogP contribution is -2.45. The van der Waals surface area contributed by atoms with E-state index in [2.05, 4.69) is 13.8 Å². The van der Waals surface area contributed by atoms with Crippen LogP contribution in [0, 0.1) is 11.8 Å². The maximum atomic E-state index is 11.5. The molecule has 1 rings (SSSR count). The summed E-state index contributed by atoms with van der Waals surface area (Å²) in [7, 11) is 0. The zero-order chi connectivity index (χ0) is 14.5. The Kier molecular flexibility index (Phi) is 6.27. The smallest absolute Gasteiger partial charge is 0.332 e. The molecule has 0 spiro atoms. The number of carbonyl (C=O) groups excluding carboxylic acids is 1. The van der Waals surface area contributed by atoms with E-state index in [4.69, 9.17) is 15.2 Å². The number of hydrogen-bond donors (Lipinski definition) is 1. The van der Waals surface area contributed by atoms with Gasteiger partial charge < -0.3 is 15.2 Å². The van der Waals surface area contributed by atoms with Crippen LogP contribution in [-0.2, 0) is 14.3 Å². The van der Waals surface area contributed by atoms with Gasteiger partial charge in [-0.1, -0.05) is 13.8 Å². The molecule has 1 aliphatic rings. The second kappa shape index (κ2) is 7.25. The number of esters is 1. The topological polar surface area (TPSA) is 61.5 Å². The van der Waals surface area contributed by atoms with Gasteiger partial charge in [0.1, 0.15) is 6.61 Å². The fraction of sp³-hybridized carbons (Fsp3) is 0.933. The summed E-state index contributed by atoms with van der Waals surface area (Å²) in [6.07, 6.45) is 4.06. The van der Waals surface area contributed by atoms with Crippen molar-refractivity contribution in [3.8, 4) is 0 Å². The summed E-state index contributed by atoms with van der Waals surface area (Å²) in [6, 6.07) is 0. The van der Waals surface area contributed by atoms with Crippen LogP contribution in [0.3, 0.4) is 0 Å². The number of rotatable bonds is 6. The van der Waals surface area contributed by atoms with Crippen molar-refractivity contribution in [1.29, 1.82) is 0 Å². The number of carbonyl (C=O) groups is 1.